The molecule has 4 rings (SSSR count). The summed E-state index contributed by atoms with van der Waals surface area (Å²) in [5, 5.41) is 11.9. The Balaban J connectivity index is 1.30. The molecule has 0 unspecified atom stereocenters. The highest BCUT2D eigenvalue weighted by atomic mass is 16.2. The first-order valence-electron chi connectivity index (χ1n) is 10.8. The Labute approximate surface area is 170 Å². The summed E-state index contributed by atoms with van der Waals surface area (Å²) in [6.45, 7) is 2.04. The number of nitrogens with zero attached hydrogens (tertiary/aromatic N) is 5. The standard InChI is InChI=1S/C21H30N6O2/c28-20-9-8-19(26-13-5-12-22-26)24-27(20)16-17-10-14-25(15-11-17)21(29)23-18-6-3-1-2-4-7-18/h5,8-9,12-13,17-18H,1-4,6-7,10-11,14-16H2,(H,23,29). The molecule has 3 heterocycles. The van der Waals surface area contributed by atoms with Gasteiger partial charge in [-0.05, 0) is 43.7 Å². The van der Waals surface area contributed by atoms with Gasteiger partial charge in [0, 0.05) is 44.1 Å². The fourth-order valence-corrected chi connectivity index (χ4v) is 4.35. The van der Waals surface area contributed by atoms with Crippen LogP contribution in [0.1, 0.15) is 51.4 Å². The van der Waals surface area contributed by atoms with E-state index in [-0.39, 0.29) is 11.6 Å². The number of carbonyl (C=O) groups is 1. The van der Waals surface area contributed by atoms with Crippen LogP contribution in [-0.4, -0.2) is 49.6 Å². The number of likely N-dealkylation sites (tertiary alicyclic amines) is 1. The van der Waals surface area contributed by atoms with Crippen molar-refractivity contribution in [3.05, 3.63) is 40.9 Å². The maximum Gasteiger partial charge on any atom is 0.317 e. The van der Waals surface area contributed by atoms with Gasteiger partial charge in [0.2, 0.25) is 0 Å². The molecule has 1 aliphatic carbocycles. The molecule has 2 fully saturated rings. The molecule has 2 aliphatic rings. The van der Waals surface area contributed by atoms with Gasteiger partial charge in [-0.25, -0.2) is 14.2 Å². The van der Waals surface area contributed by atoms with E-state index in [1.165, 1.54) is 30.4 Å². The van der Waals surface area contributed by atoms with Gasteiger partial charge in [-0.3, -0.25) is 4.79 Å². The third-order valence-electron chi connectivity index (χ3n) is 6.11. The van der Waals surface area contributed by atoms with Crippen molar-refractivity contribution in [2.24, 2.45) is 5.92 Å². The molecule has 2 aromatic heterocycles. The minimum absolute atomic E-state index is 0.0753. The third-order valence-corrected chi connectivity index (χ3v) is 6.11. The zero-order valence-corrected chi connectivity index (χ0v) is 16.9. The number of urea groups is 1. The van der Waals surface area contributed by atoms with E-state index < -0.39 is 0 Å². The first-order chi connectivity index (χ1) is 14.2. The Hall–Kier alpha value is -2.64. The van der Waals surface area contributed by atoms with Crippen LogP contribution in [0.4, 0.5) is 4.79 Å². The number of aromatic nitrogens is 4. The fraction of sp³-hybridized carbons (Fsp3) is 0.619. The summed E-state index contributed by atoms with van der Waals surface area (Å²) in [5.41, 5.74) is -0.102. The average Bonchev–Trinajstić information content (AvgIpc) is 3.15. The molecule has 2 aromatic rings. The molecule has 0 atom stereocenters. The molecule has 8 nitrogen and oxygen atoms in total. The van der Waals surface area contributed by atoms with Crippen LogP contribution in [0.25, 0.3) is 5.82 Å². The summed E-state index contributed by atoms with van der Waals surface area (Å²) in [7, 11) is 0. The Morgan fingerprint density at radius 2 is 1.83 bits per heavy atom. The predicted molar refractivity (Wildman–Crippen MR) is 110 cm³/mol. The van der Waals surface area contributed by atoms with Gasteiger partial charge in [-0.15, -0.1) is 5.10 Å². The van der Waals surface area contributed by atoms with Gasteiger partial charge < -0.3 is 10.2 Å². The van der Waals surface area contributed by atoms with E-state index >= 15 is 0 Å². The van der Waals surface area contributed by atoms with Crippen molar-refractivity contribution in [2.45, 2.75) is 64.0 Å². The minimum atomic E-state index is -0.102. The van der Waals surface area contributed by atoms with Gasteiger partial charge >= 0.3 is 6.03 Å². The molecule has 2 amide bonds. The lowest BCUT2D eigenvalue weighted by Crippen LogP contribution is -2.48. The van der Waals surface area contributed by atoms with Crippen LogP contribution in [0, 0.1) is 5.92 Å². The summed E-state index contributed by atoms with van der Waals surface area (Å²) in [6.07, 6.45) is 12.5. The molecule has 156 valence electrons. The van der Waals surface area contributed by atoms with Crippen LogP contribution in [0.3, 0.4) is 0 Å². The van der Waals surface area contributed by atoms with Crippen molar-refractivity contribution >= 4 is 6.03 Å². The summed E-state index contributed by atoms with van der Waals surface area (Å²) < 4.78 is 3.18. The largest absolute Gasteiger partial charge is 0.335 e. The number of hydrogen-bond donors (Lipinski definition) is 1. The first-order valence-corrected chi connectivity index (χ1v) is 10.8. The highest BCUT2D eigenvalue weighted by Gasteiger charge is 2.25. The van der Waals surface area contributed by atoms with Crippen LogP contribution in [0.15, 0.2) is 35.4 Å². The second-order valence-corrected chi connectivity index (χ2v) is 8.23. The zero-order valence-electron chi connectivity index (χ0n) is 16.9. The number of nitrogens with one attached hydrogen (secondary N) is 1. The lowest BCUT2D eigenvalue weighted by atomic mass is 9.97. The van der Waals surface area contributed by atoms with Gasteiger partial charge in [-0.2, -0.15) is 5.10 Å². The van der Waals surface area contributed by atoms with E-state index in [2.05, 4.69) is 15.5 Å². The molecule has 1 saturated heterocycles. The number of piperidine rings is 1. The average molecular weight is 399 g/mol. The molecular formula is C21H30N6O2. The Morgan fingerprint density at radius 3 is 2.52 bits per heavy atom. The lowest BCUT2D eigenvalue weighted by molar-refractivity contribution is 0.159. The van der Waals surface area contributed by atoms with Crippen molar-refractivity contribution in [1.82, 2.24) is 29.8 Å². The monoisotopic (exact) mass is 398 g/mol. The van der Waals surface area contributed by atoms with E-state index in [1.54, 1.807) is 23.0 Å². The molecule has 0 spiro atoms. The van der Waals surface area contributed by atoms with Crippen molar-refractivity contribution in [3.8, 4) is 5.82 Å². The molecular weight excluding hydrogens is 368 g/mol. The topological polar surface area (TPSA) is 85.1 Å². The van der Waals surface area contributed by atoms with Crippen molar-refractivity contribution in [1.29, 1.82) is 0 Å². The quantitative estimate of drug-likeness (QED) is 0.802. The van der Waals surface area contributed by atoms with Gasteiger partial charge in [0.1, 0.15) is 0 Å². The van der Waals surface area contributed by atoms with Gasteiger partial charge in [0.05, 0.1) is 0 Å². The van der Waals surface area contributed by atoms with Crippen molar-refractivity contribution < 1.29 is 4.79 Å². The van der Waals surface area contributed by atoms with Gasteiger partial charge in [0.25, 0.3) is 5.56 Å². The summed E-state index contributed by atoms with van der Waals surface area (Å²) in [4.78, 5) is 26.8. The fourth-order valence-electron chi connectivity index (χ4n) is 4.35. The number of rotatable bonds is 4. The number of hydrogen-bond acceptors (Lipinski definition) is 4. The smallest absolute Gasteiger partial charge is 0.317 e. The number of amides is 2. The van der Waals surface area contributed by atoms with E-state index in [9.17, 15) is 9.59 Å². The Bertz CT molecular complexity index is 846. The molecule has 0 radical (unpaired) electrons. The second kappa shape index (κ2) is 9.24. The van der Waals surface area contributed by atoms with E-state index in [0.29, 0.717) is 24.3 Å². The zero-order chi connectivity index (χ0) is 20.1. The molecule has 0 bridgehead atoms. The maximum absolute atomic E-state index is 12.6. The van der Waals surface area contributed by atoms with Crippen molar-refractivity contribution in [2.75, 3.05) is 13.1 Å². The summed E-state index contributed by atoms with van der Waals surface area (Å²) in [6, 6.07) is 5.46. The van der Waals surface area contributed by atoms with Gasteiger partial charge in [0.15, 0.2) is 5.82 Å². The normalized spacial score (nSPS) is 19.1. The van der Waals surface area contributed by atoms with Crippen LogP contribution in [0.5, 0.6) is 0 Å². The third kappa shape index (κ3) is 5.05. The Kier molecular flexibility index (Phi) is 6.27. The molecule has 1 aliphatic heterocycles. The summed E-state index contributed by atoms with van der Waals surface area (Å²) in [5.74, 6) is 0.977. The second-order valence-electron chi connectivity index (χ2n) is 8.23. The SMILES string of the molecule is O=C(NC1CCCCCC1)N1CCC(Cn2nc(-n3cccn3)ccc2=O)CC1. The van der Waals surface area contributed by atoms with Crippen LogP contribution >= 0.6 is 0 Å². The molecule has 1 N–H and O–H groups in total. The molecule has 0 aromatic carbocycles. The van der Waals surface area contributed by atoms with E-state index in [1.807, 2.05) is 17.2 Å². The van der Waals surface area contributed by atoms with Gasteiger partial charge in [-0.1, -0.05) is 25.7 Å². The van der Waals surface area contributed by atoms with E-state index in [0.717, 1.165) is 38.8 Å². The highest BCUT2D eigenvalue weighted by molar-refractivity contribution is 5.74. The molecule has 1 saturated carbocycles. The van der Waals surface area contributed by atoms with E-state index in [4.69, 9.17) is 0 Å². The van der Waals surface area contributed by atoms with Crippen LogP contribution in [-0.2, 0) is 6.54 Å². The lowest BCUT2D eigenvalue weighted by Gasteiger charge is -2.33. The van der Waals surface area contributed by atoms with Crippen molar-refractivity contribution in [3.63, 3.8) is 0 Å². The Morgan fingerprint density at radius 1 is 1.07 bits per heavy atom. The molecule has 8 heteroatoms. The minimum Gasteiger partial charge on any atom is -0.335 e. The first kappa shape index (κ1) is 19.7. The van der Waals surface area contributed by atoms with Crippen LogP contribution < -0.4 is 10.9 Å². The summed E-state index contributed by atoms with van der Waals surface area (Å²) >= 11 is 0. The highest BCUT2D eigenvalue weighted by Crippen LogP contribution is 2.20. The number of carbonyl (C=O) groups excluding carboxylic acids is 1. The predicted octanol–water partition coefficient (Wildman–Crippen LogP) is 2.57. The molecule has 29 heavy (non-hydrogen) atoms. The van der Waals surface area contributed by atoms with Crippen LogP contribution in [0.2, 0.25) is 0 Å². The maximum atomic E-state index is 12.6.